The highest BCUT2D eigenvalue weighted by Crippen LogP contribution is 2.29. The van der Waals surface area contributed by atoms with Gasteiger partial charge >= 0.3 is 6.03 Å². The number of imide groups is 1. The van der Waals surface area contributed by atoms with Crippen LogP contribution in [0.5, 0.6) is 0 Å². The Bertz CT molecular complexity index is 888. The summed E-state index contributed by atoms with van der Waals surface area (Å²) in [6.07, 6.45) is 0. The second-order valence-corrected chi connectivity index (χ2v) is 6.45. The molecular weight excluding hydrogens is 361 g/mol. The Morgan fingerprint density at radius 3 is 2.58 bits per heavy atom. The van der Waals surface area contributed by atoms with Gasteiger partial charge in [0.25, 0.3) is 5.91 Å². The number of hydrogen-bond donors (Lipinski definition) is 2. The molecule has 1 aliphatic heterocycles. The Morgan fingerprint density at radius 2 is 1.92 bits per heavy atom. The number of nitrogens with one attached hydrogen (secondary N) is 2. The summed E-state index contributed by atoms with van der Waals surface area (Å²) in [7, 11) is 0. The second-order valence-electron chi connectivity index (χ2n) is 6.01. The first-order valence-corrected chi connectivity index (χ1v) is 8.13. The number of rotatable bonds is 4. The van der Waals surface area contributed by atoms with Crippen LogP contribution in [0, 0.1) is 5.82 Å². The maximum Gasteiger partial charge on any atom is 0.325 e. The summed E-state index contributed by atoms with van der Waals surface area (Å²) in [4.78, 5) is 37.9. The van der Waals surface area contributed by atoms with Gasteiger partial charge in [0.2, 0.25) is 5.91 Å². The van der Waals surface area contributed by atoms with E-state index in [9.17, 15) is 18.8 Å². The van der Waals surface area contributed by atoms with Gasteiger partial charge in [-0.05, 0) is 42.8 Å². The molecule has 26 heavy (non-hydrogen) atoms. The molecule has 1 aliphatic rings. The first-order valence-electron chi connectivity index (χ1n) is 7.75. The third-order valence-electron chi connectivity index (χ3n) is 4.11. The van der Waals surface area contributed by atoms with Gasteiger partial charge in [-0.3, -0.25) is 14.5 Å². The van der Waals surface area contributed by atoms with Gasteiger partial charge in [-0.15, -0.1) is 0 Å². The van der Waals surface area contributed by atoms with Crippen LogP contribution < -0.4 is 10.6 Å². The van der Waals surface area contributed by atoms with Crippen LogP contribution in [0.2, 0.25) is 5.02 Å². The Hall–Kier alpha value is -2.93. The Labute approximate surface area is 153 Å². The fraction of sp³-hybridized carbons (Fsp3) is 0.167. The lowest BCUT2D eigenvalue weighted by atomic mass is 9.92. The van der Waals surface area contributed by atoms with Gasteiger partial charge in [-0.25, -0.2) is 9.18 Å². The third-order valence-corrected chi connectivity index (χ3v) is 4.36. The van der Waals surface area contributed by atoms with Crippen LogP contribution in [-0.2, 0) is 15.1 Å². The number of carbonyl (C=O) groups is 3. The highest BCUT2D eigenvalue weighted by atomic mass is 35.5. The highest BCUT2D eigenvalue weighted by molar-refractivity contribution is 6.30. The van der Waals surface area contributed by atoms with E-state index in [1.54, 1.807) is 31.2 Å². The number of amides is 4. The zero-order valence-corrected chi connectivity index (χ0v) is 14.5. The lowest BCUT2D eigenvalue weighted by molar-refractivity contribution is -0.133. The SMILES string of the molecule is CC1(c2ccc(Cl)cc2)NC(=O)N(CC(=O)Nc2cccc(F)c2)C1=O. The summed E-state index contributed by atoms with van der Waals surface area (Å²) < 4.78 is 13.2. The fourth-order valence-corrected chi connectivity index (χ4v) is 2.86. The molecular formula is C18H15ClFN3O3. The van der Waals surface area contributed by atoms with Crippen molar-refractivity contribution in [2.45, 2.75) is 12.5 Å². The van der Waals surface area contributed by atoms with Crippen LogP contribution in [0.4, 0.5) is 14.9 Å². The smallest absolute Gasteiger partial charge is 0.324 e. The molecule has 0 aliphatic carbocycles. The molecule has 1 heterocycles. The molecule has 134 valence electrons. The topological polar surface area (TPSA) is 78.5 Å². The van der Waals surface area contributed by atoms with Crippen molar-refractivity contribution in [1.29, 1.82) is 0 Å². The summed E-state index contributed by atoms with van der Waals surface area (Å²) in [6.45, 7) is 1.07. The number of carbonyl (C=O) groups excluding carboxylic acids is 3. The van der Waals surface area contributed by atoms with Crippen molar-refractivity contribution >= 4 is 35.1 Å². The number of benzene rings is 2. The molecule has 1 unspecified atom stereocenters. The van der Waals surface area contributed by atoms with E-state index in [1.807, 2.05) is 0 Å². The molecule has 0 spiro atoms. The molecule has 4 amide bonds. The molecule has 2 aromatic carbocycles. The highest BCUT2D eigenvalue weighted by Gasteiger charge is 2.49. The molecule has 8 heteroatoms. The van der Waals surface area contributed by atoms with Crippen LogP contribution >= 0.6 is 11.6 Å². The largest absolute Gasteiger partial charge is 0.325 e. The Morgan fingerprint density at radius 1 is 1.23 bits per heavy atom. The van der Waals surface area contributed by atoms with E-state index in [-0.39, 0.29) is 5.69 Å². The molecule has 1 atom stereocenters. The predicted molar refractivity (Wildman–Crippen MR) is 94.1 cm³/mol. The van der Waals surface area contributed by atoms with Gasteiger partial charge in [0.05, 0.1) is 0 Å². The summed E-state index contributed by atoms with van der Waals surface area (Å²) in [5.74, 6) is -1.67. The second kappa shape index (κ2) is 6.76. The van der Waals surface area contributed by atoms with Crippen molar-refractivity contribution < 1.29 is 18.8 Å². The summed E-state index contributed by atoms with van der Waals surface area (Å²) in [6, 6.07) is 11.1. The van der Waals surface area contributed by atoms with Gasteiger partial charge < -0.3 is 10.6 Å². The molecule has 0 radical (unpaired) electrons. The van der Waals surface area contributed by atoms with Crippen LogP contribution in [-0.4, -0.2) is 29.3 Å². The van der Waals surface area contributed by atoms with Crippen molar-refractivity contribution in [3.05, 3.63) is 64.9 Å². The van der Waals surface area contributed by atoms with Crippen LogP contribution in [0.3, 0.4) is 0 Å². The quantitative estimate of drug-likeness (QED) is 0.806. The number of hydrogen-bond acceptors (Lipinski definition) is 3. The Kier molecular flexibility index (Phi) is 4.65. The lowest BCUT2D eigenvalue weighted by Crippen LogP contribution is -2.42. The molecule has 2 aromatic rings. The molecule has 0 bridgehead atoms. The average Bonchev–Trinajstić information content (AvgIpc) is 2.79. The van der Waals surface area contributed by atoms with Gasteiger partial charge in [-0.2, -0.15) is 0 Å². The first kappa shape index (κ1) is 17.9. The van der Waals surface area contributed by atoms with E-state index >= 15 is 0 Å². The van der Waals surface area contributed by atoms with Crippen LogP contribution in [0.25, 0.3) is 0 Å². The fourth-order valence-electron chi connectivity index (χ4n) is 2.73. The van der Waals surface area contributed by atoms with Crippen LogP contribution in [0.15, 0.2) is 48.5 Å². The van der Waals surface area contributed by atoms with Crippen molar-refractivity contribution in [1.82, 2.24) is 10.2 Å². The lowest BCUT2D eigenvalue weighted by Gasteiger charge is -2.22. The standard InChI is InChI=1S/C18H15ClFN3O3/c1-18(11-5-7-12(19)8-6-11)16(25)23(17(26)22-18)10-15(24)21-14-4-2-3-13(20)9-14/h2-9H,10H2,1H3,(H,21,24)(H,22,26). The van der Waals surface area contributed by atoms with Gasteiger partial charge in [0, 0.05) is 10.7 Å². The van der Waals surface area contributed by atoms with E-state index in [4.69, 9.17) is 11.6 Å². The van der Waals surface area contributed by atoms with Gasteiger partial charge in [0.15, 0.2) is 0 Å². The number of nitrogens with zero attached hydrogens (tertiary/aromatic N) is 1. The molecule has 1 saturated heterocycles. The van der Waals surface area contributed by atoms with E-state index in [2.05, 4.69) is 10.6 Å². The third kappa shape index (κ3) is 3.39. The minimum absolute atomic E-state index is 0.238. The molecule has 2 N–H and O–H groups in total. The molecule has 3 rings (SSSR count). The zero-order chi connectivity index (χ0) is 18.9. The molecule has 1 fully saturated rings. The van der Waals surface area contributed by atoms with E-state index < -0.39 is 35.7 Å². The molecule has 0 aromatic heterocycles. The summed E-state index contributed by atoms with van der Waals surface area (Å²) in [5, 5.41) is 5.55. The van der Waals surface area contributed by atoms with Gasteiger partial charge in [0.1, 0.15) is 17.9 Å². The van der Waals surface area contributed by atoms with Crippen molar-refractivity contribution in [3.63, 3.8) is 0 Å². The normalized spacial score (nSPS) is 19.4. The monoisotopic (exact) mass is 375 g/mol. The summed E-state index contributed by atoms with van der Waals surface area (Å²) >= 11 is 5.85. The van der Waals surface area contributed by atoms with Gasteiger partial charge in [-0.1, -0.05) is 29.8 Å². The number of anilines is 1. The number of urea groups is 1. The van der Waals surface area contributed by atoms with E-state index in [0.717, 1.165) is 11.0 Å². The predicted octanol–water partition coefficient (Wildman–Crippen LogP) is 2.88. The van der Waals surface area contributed by atoms with Crippen molar-refractivity contribution in [2.24, 2.45) is 0 Å². The molecule has 0 saturated carbocycles. The minimum Gasteiger partial charge on any atom is -0.324 e. The van der Waals surface area contributed by atoms with E-state index in [0.29, 0.717) is 10.6 Å². The van der Waals surface area contributed by atoms with E-state index in [1.165, 1.54) is 18.2 Å². The minimum atomic E-state index is -1.29. The summed E-state index contributed by atoms with van der Waals surface area (Å²) in [5.41, 5.74) is -0.503. The first-order chi connectivity index (χ1) is 12.3. The molecule has 6 nitrogen and oxygen atoms in total. The maximum absolute atomic E-state index is 13.2. The van der Waals surface area contributed by atoms with Crippen molar-refractivity contribution in [3.8, 4) is 0 Å². The number of halogens is 2. The van der Waals surface area contributed by atoms with Crippen LogP contribution in [0.1, 0.15) is 12.5 Å². The maximum atomic E-state index is 13.2. The Balaban J connectivity index is 1.74. The zero-order valence-electron chi connectivity index (χ0n) is 13.8. The van der Waals surface area contributed by atoms with Crippen molar-refractivity contribution in [2.75, 3.05) is 11.9 Å². The average molecular weight is 376 g/mol.